The average Bonchev–Trinajstić information content (AvgIpc) is 3.16. The molecular formula is C21H16ClF5N6O2. The van der Waals surface area contributed by atoms with Crippen LogP contribution in [0.15, 0.2) is 24.8 Å². The first-order valence-electron chi connectivity index (χ1n) is 10.4. The lowest BCUT2D eigenvalue weighted by Gasteiger charge is -2.23. The van der Waals surface area contributed by atoms with Gasteiger partial charge in [-0.25, -0.2) is 13.8 Å². The number of hydrogen-bond donors (Lipinski definition) is 2. The van der Waals surface area contributed by atoms with Gasteiger partial charge in [-0.3, -0.25) is 14.9 Å². The summed E-state index contributed by atoms with van der Waals surface area (Å²) in [5.74, 6) is -2.37. The van der Waals surface area contributed by atoms with Gasteiger partial charge in [0.15, 0.2) is 23.4 Å². The van der Waals surface area contributed by atoms with E-state index >= 15 is 4.39 Å². The quantitative estimate of drug-likeness (QED) is 0.353. The van der Waals surface area contributed by atoms with Crippen LogP contribution >= 0.6 is 11.6 Å². The molecule has 1 aromatic carbocycles. The molecule has 1 amide bonds. The van der Waals surface area contributed by atoms with Gasteiger partial charge in [0.1, 0.15) is 6.17 Å². The first-order chi connectivity index (χ1) is 16.6. The van der Waals surface area contributed by atoms with Gasteiger partial charge in [0, 0.05) is 23.8 Å². The summed E-state index contributed by atoms with van der Waals surface area (Å²) >= 11 is 6.25. The molecule has 1 aliphatic carbocycles. The Morgan fingerprint density at radius 2 is 2.11 bits per heavy atom. The summed E-state index contributed by atoms with van der Waals surface area (Å²) in [5, 5.41) is 8.21. The number of aromatic amines is 1. The summed E-state index contributed by atoms with van der Waals surface area (Å²) < 4.78 is 75.7. The van der Waals surface area contributed by atoms with Crippen LogP contribution in [0.25, 0.3) is 27.8 Å². The van der Waals surface area contributed by atoms with Gasteiger partial charge in [-0.2, -0.15) is 18.3 Å². The van der Waals surface area contributed by atoms with Crippen molar-refractivity contribution >= 4 is 39.9 Å². The minimum absolute atomic E-state index is 0.00790. The molecule has 1 unspecified atom stereocenters. The van der Waals surface area contributed by atoms with E-state index in [1.54, 1.807) is 0 Å². The fourth-order valence-electron chi connectivity index (χ4n) is 3.88. The number of ether oxygens (including phenoxy) is 1. The zero-order valence-electron chi connectivity index (χ0n) is 17.8. The van der Waals surface area contributed by atoms with Gasteiger partial charge in [0.05, 0.1) is 46.3 Å². The maximum atomic E-state index is 15.3. The van der Waals surface area contributed by atoms with E-state index in [2.05, 4.69) is 25.5 Å². The van der Waals surface area contributed by atoms with E-state index in [-0.39, 0.29) is 41.0 Å². The molecule has 1 saturated carbocycles. The summed E-state index contributed by atoms with van der Waals surface area (Å²) in [6.45, 7) is 1.04. The number of H-pyrrole nitrogens is 1. The lowest BCUT2D eigenvalue weighted by Crippen LogP contribution is -2.25. The van der Waals surface area contributed by atoms with E-state index in [0.717, 1.165) is 0 Å². The topological polar surface area (TPSA) is 97.2 Å². The van der Waals surface area contributed by atoms with E-state index in [9.17, 15) is 22.4 Å². The maximum Gasteiger partial charge on any atom is 0.419 e. The van der Waals surface area contributed by atoms with Crippen LogP contribution in [-0.2, 0) is 9.53 Å². The Balaban J connectivity index is 1.59. The van der Waals surface area contributed by atoms with Crippen LogP contribution in [0.1, 0.15) is 25.0 Å². The number of amides is 1. The smallest absolute Gasteiger partial charge is 0.364 e. The van der Waals surface area contributed by atoms with E-state index in [4.69, 9.17) is 16.3 Å². The van der Waals surface area contributed by atoms with Crippen LogP contribution in [0, 0.1) is 11.7 Å². The highest BCUT2D eigenvalue weighted by atomic mass is 35.5. The minimum Gasteiger partial charge on any atom is -0.364 e. The van der Waals surface area contributed by atoms with Gasteiger partial charge in [0.2, 0.25) is 5.91 Å². The fourth-order valence-corrected chi connectivity index (χ4v) is 4.18. The molecule has 1 aliphatic rings. The third-order valence-electron chi connectivity index (χ3n) is 5.62. The maximum absolute atomic E-state index is 15.3. The standard InChI is InChI=1S/C21H16ClF5N6O2/c1-2-35-19(21(25,26)27)15-17(24)16(22)14(9-4-29-32-18(9)15)11-6-33-7-12(30-13(33)5-28-11)31-20(34)8-3-10(8)23/h4-8,10,19H,2-3H2,1H3,(H,29,32)(H,31,34)/t8-,10+,19?/m1/s1. The van der Waals surface area contributed by atoms with Gasteiger partial charge >= 0.3 is 6.18 Å². The van der Waals surface area contributed by atoms with Gasteiger partial charge < -0.3 is 14.5 Å². The van der Waals surface area contributed by atoms with Gasteiger partial charge in [-0.1, -0.05) is 11.6 Å². The van der Waals surface area contributed by atoms with Crippen molar-refractivity contribution < 1.29 is 31.5 Å². The number of imidazole rings is 1. The number of carbonyl (C=O) groups excluding carboxylic acids is 1. The number of benzene rings is 1. The van der Waals surface area contributed by atoms with Crippen LogP contribution in [-0.4, -0.2) is 49.4 Å². The summed E-state index contributed by atoms with van der Waals surface area (Å²) in [4.78, 5) is 20.4. The Morgan fingerprint density at radius 1 is 1.37 bits per heavy atom. The molecule has 8 nitrogen and oxygen atoms in total. The van der Waals surface area contributed by atoms with Crippen molar-refractivity contribution in [3.8, 4) is 11.3 Å². The Kier molecular flexibility index (Phi) is 5.63. The normalized spacial score (nSPS) is 18.8. The second-order valence-corrected chi connectivity index (χ2v) is 8.34. The van der Waals surface area contributed by atoms with Gasteiger partial charge in [-0.15, -0.1) is 0 Å². The molecule has 14 heteroatoms. The fraction of sp³-hybridized carbons (Fsp3) is 0.333. The highest BCUT2D eigenvalue weighted by molar-refractivity contribution is 6.35. The molecule has 0 aliphatic heterocycles. The number of carbonyl (C=O) groups is 1. The van der Waals surface area contributed by atoms with Crippen LogP contribution < -0.4 is 5.32 Å². The van der Waals surface area contributed by atoms with Crippen LogP contribution in [0.5, 0.6) is 0 Å². The second-order valence-electron chi connectivity index (χ2n) is 7.96. The minimum atomic E-state index is -4.91. The average molecular weight is 515 g/mol. The lowest BCUT2D eigenvalue weighted by molar-refractivity contribution is -0.223. The van der Waals surface area contributed by atoms with Crippen molar-refractivity contribution in [2.24, 2.45) is 5.92 Å². The molecule has 3 atom stereocenters. The molecule has 35 heavy (non-hydrogen) atoms. The first kappa shape index (κ1) is 23.4. The van der Waals surface area contributed by atoms with E-state index < -0.39 is 46.7 Å². The zero-order chi connectivity index (χ0) is 25.1. The highest BCUT2D eigenvalue weighted by Crippen LogP contribution is 2.45. The molecule has 3 heterocycles. The van der Waals surface area contributed by atoms with E-state index in [0.29, 0.717) is 5.65 Å². The number of aromatic nitrogens is 5. The molecule has 4 aromatic rings. The molecule has 0 bridgehead atoms. The zero-order valence-corrected chi connectivity index (χ0v) is 18.6. The second kappa shape index (κ2) is 8.41. The third-order valence-corrected chi connectivity index (χ3v) is 5.97. The highest BCUT2D eigenvalue weighted by Gasteiger charge is 2.46. The van der Waals surface area contributed by atoms with Crippen LogP contribution in [0.4, 0.5) is 27.8 Å². The number of nitrogens with one attached hydrogen (secondary N) is 2. The van der Waals surface area contributed by atoms with Crippen LogP contribution in [0.2, 0.25) is 5.02 Å². The summed E-state index contributed by atoms with van der Waals surface area (Å²) in [6.07, 6.45) is -3.09. The lowest BCUT2D eigenvalue weighted by atomic mass is 9.99. The Bertz CT molecular complexity index is 1450. The SMILES string of the molecule is CCOC(c1c(F)c(Cl)c(-c2cn3cc(NC(=O)[C@@H]4C[C@@H]4F)nc3cn2)c2cn[nH]c12)C(F)(F)F. The largest absolute Gasteiger partial charge is 0.419 e. The monoisotopic (exact) mass is 514 g/mol. The molecule has 5 rings (SSSR count). The Labute approximate surface area is 198 Å². The van der Waals surface area contributed by atoms with Crippen molar-refractivity contribution in [3.05, 3.63) is 41.2 Å². The van der Waals surface area contributed by atoms with Crippen molar-refractivity contribution in [1.82, 2.24) is 24.6 Å². The summed E-state index contributed by atoms with van der Waals surface area (Å²) in [5.41, 5.74) is -0.611. The van der Waals surface area contributed by atoms with Gasteiger partial charge in [0.25, 0.3) is 0 Å². The summed E-state index contributed by atoms with van der Waals surface area (Å²) in [7, 11) is 0. The number of fused-ring (bicyclic) bond motifs is 2. The Hall–Kier alpha value is -3.32. The first-order valence-corrected chi connectivity index (χ1v) is 10.8. The number of anilines is 1. The number of alkyl halides is 4. The number of halogens is 6. The van der Waals surface area contributed by atoms with Gasteiger partial charge in [-0.05, 0) is 13.3 Å². The van der Waals surface area contributed by atoms with Crippen molar-refractivity contribution in [2.45, 2.75) is 31.8 Å². The number of hydrogen-bond acceptors (Lipinski definition) is 5. The van der Waals surface area contributed by atoms with Crippen LogP contribution in [0.3, 0.4) is 0 Å². The molecule has 0 saturated heterocycles. The van der Waals surface area contributed by atoms with E-state index in [1.807, 2.05) is 0 Å². The molecule has 0 radical (unpaired) electrons. The van der Waals surface area contributed by atoms with Crippen molar-refractivity contribution in [1.29, 1.82) is 0 Å². The summed E-state index contributed by atoms with van der Waals surface area (Å²) in [6, 6.07) is 0. The van der Waals surface area contributed by atoms with Crippen molar-refractivity contribution in [3.63, 3.8) is 0 Å². The molecule has 0 spiro atoms. The number of rotatable bonds is 6. The predicted octanol–water partition coefficient (Wildman–Crippen LogP) is 5.00. The molecule has 1 fully saturated rings. The predicted molar refractivity (Wildman–Crippen MR) is 115 cm³/mol. The number of nitrogens with zero attached hydrogens (tertiary/aromatic N) is 4. The molecule has 184 valence electrons. The van der Waals surface area contributed by atoms with E-state index in [1.165, 1.54) is 36.1 Å². The molecule has 3 aromatic heterocycles. The molecular weight excluding hydrogens is 499 g/mol. The molecule has 2 N–H and O–H groups in total. The van der Waals surface area contributed by atoms with Crippen molar-refractivity contribution in [2.75, 3.05) is 11.9 Å². The Morgan fingerprint density at radius 3 is 2.77 bits per heavy atom. The third kappa shape index (κ3) is 4.08.